The summed E-state index contributed by atoms with van der Waals surface area (Å²) >= 11 is 0. The Hall–Kier alpha value is -2.04. The van der Waals surface area contributed by atoms with Gasteiger partial charge in [0, 0.05) is 19.0 Å². The van der Waals surface area contributed by atoms with Crippen molar-refractivity contribution in [3.05, 3.63) is 35.4 Å². The van der Waals surface area contributed by atoms with Gasteiger partial charge in [0.25, 0.3) is 0 Å². The summed E-state index contributed by atoms with van der Waals surface area (Å²) in [5, 5.41) is 11.8. The smallest absolute Gasteiger partial charge is 0.227 e. The number of likely N-dealkylation sites (tertiary alicyclic amines) is 1. The number of hydrogen-bond donors (Lipinski definition) is 2. The van der Waals surface area contributed by atoms with Crippen LogP contribution in [0, 0.1) is 12.8 Å². The maximum absolute atomic E-state index is 12.3. The van der Waals surface area contributed by atoms with Crippen molar-refractivity contribution in [3.8, 4) is 0 Å². The Kier molecular flexibility index (Phi) is 4.61. The van der Waals surface area contributed by atoms with E-state index >= 15 is 0 Å². The monoisotopic (exact) mass is 275 g/mol. The van der Waals surface area contributed by atoms with Crippen molar-refractivity contribution < 1.29 is 10.0 Å². The summed E-state index contributed by atoms with van der Waals surface area (Å²) in [5.41, 5.74) is 7.83. The van der Waals surface area contributed by atoms with Crippen molar-refractivity contribution in [2.75, 3.05) is 13.1 Å². The van der Waals surface area contributed by atoms with Gasteiger partial charge in [-0.2, -0.15) is 0 Å². The van der Waals surface area contributed by atoms with E-state index in [4.69, 9.17) is 10.9 Å². The second-order valence-corrected chi connectivity index (χ2v) is 5.37. The molecule has 5 nitrogen and oxygen atoms in total. The summed E-state index contributed by atoms with van der Waals surface area (Å²) in [4.78, 5) is 14.1. The summed E-state index contributed by atoms with van der Waals surface area (Å²) < 4.78 is 0. The van der Waals surface area contributed by atoms with Crippen molar-refractivity contribution in [1.29, 1.82) is 0 Å². The Morgan fingerprint density at radius 3 is 3.05 bits per heavy atom. The maximum Gasteiger partial charge on any atom is 0.227 e. The second kappa shape index (κ2) is 6.41. The number of amidine groups is 1. The van der Waals surface area contributed by atoms with Gasteiger partial charge in [-0.1, -0.05) is 35.0 Å². The zero-order chi connectivity index (χ0) is 14.5. The van der Waals surface area contributed by atoms with Crippen LogP contribution in [0.4, 0.5) is 0 Å². The molecule has 3 N–H and O–H groups in total. The van der Waals surface area contributed by atoms with E-state index in [0.717, 1.165) is 30.5 Å². The summed E-state index contributed by atoms with van der Waals surface area (Å²) in [7, 11) is 0. The van der Waals surface area contributed by atoms with E-state index < -0.39 is 0 Å². The molecule has 108 valence electrons. The minimum atomic E-state index is -0.0322. The molecule has 1 aromatic carbocycles. The van der Waals surface area contributed by atoms with Crippen LogP contribution in [0.1, 0.15) is 24.0 Å². The number of amides is 1. The summed E-state index contributed by atoms with van der Waals surface area (Å²) in [5.74, 6) is 0.291. The van der Waals surface area contributed by atoms with Crippen LogP contribution >= 0.6 is 0 Å². The zero-order valence-electron chi connectivity index (χ0n) is 11.7. The van der Waals surface area contributed by atoms with Crippen molar-refractivity contribution >= 4 is 11.7 Å². The molecule has 1 aliphatic heterocycles. The highest BCUT2D eigenvalue weighted by atomic mass is 16.4. The van der Waals surface area contributed by atoms with Gasteiger partial charge in [-0.25, -0.2) is 0 Å². The van der Waals surface area contributed by atoms with Gasteiger partial charge in [-0.15, -0.1) is 0 Å². The van der Waals surface area contributed by atoms with Crippen LogP contribution in [0.2, 0.25) is 0 Å². The maximum atomic E-state index is 12.3. The van der Waals surface area contributed by atoms with Crippen LogP contribution in [-0.2, 0) is 11.2 Å². The minimum absolute atomic E-state index is 0.0322. The fourth-order valence-corrected chi connectivity index (χ4v) is 2.64. The van der Waals surface area contributed by atoms with Crippen LogP contribution in [0.15, 0.2) is 29.4 Å². The molecule has 1 amide bonds. The molecule has 1 aromatic rings. The van der Waals surface area contributed by atoms with E-state index in [9.17, 15) is 4.79 Å². The molecule has 1 fully saturated rings. The van der Waals surface area contributed by atoms with Gasteiger partial charge in [0.2, 0.25) is 5.91 Å². The molecule has 20 heavy (non-hydrogen) atoms. The van der Waals surface area contributed by atoms with Crippen LogP contribution < -0.4 is 5.73 Å². The average Bonchev–Trinajstić information content (AvgIpc) is 2.46. The third-order valence-electron chi connectivity index (χ3n) is 3.75. The Labute approximate surface area is 119 Å². The van der Waals surface area contributed by atoms with Crippen molar-refractivity contribution in [3.63, 3.8) is 0 Å². The van der Waals surface area contributed by atoms with Gasteiger partial charge in [-0.05, 0) is 25.3 Å². The molecule has 1 atom stereocenters. The van der Waals surface area contributed by atoms with Crippen LogP contribution in [0.25, 0.3) is 0 Å². The minimum Gasteiger partial charge on any atom is -0.409 e. The number of rotatable bonds is 3. The number of nitrogens with zero attached hydrogens (tertiary/aromatic N) is 2. The van der Waals surface area contributed by atoms with Gasteiger partial charge in [-0.3, -0.25) is 4.79 Å². The Bertz CT molecular complexity index is 514. The van der Waals surface area contributed by atoms with Crippen molar-refractivity contribution in [1.82, 2.24) is 4.90 Å². The quantitative estimate of drug-likeness (QED) is 0.380. The predicted octanol–water partition coefficient (Wildman–Crippen LogP) is 1.52. The standard InChI is InChI=1S/C15H21N3O2/c1-11-4-2-5-12(8-11)9-14(19)18-7-3-6-13(10-18)15(16)17-20/h2,4-5,8,13,20H,3,6-7,9-10H2,1H3,(H2,16,17). The van der Waals surface area contributed by atoms with Gasteiger partial charge in [0.1, 0.15) is 5.84 Å². The summed E-state index contributed by atoms with van der Waals surface area (Å²) in [6.07, 6.45) is 2.16. The fraction of sp³-hybridized carbons (Fsp3) is 0.467. The number of piperidine rings is 1. The number of aryl methyl sites for hydroxylation is 1. The molecular formula is C15H21N3O2. The van der Waals surface area contributed by atoms with Crippen molar-refractivity contribution in [2.24, 2.45) is 16.8 Å². The molecule has 2 rings (SSSR count). The van der Waals surface area contributed by atoms with E-state index in [0.29, 0.717) is 13.0 Å². The predicted molar refractivity (Wildman–Crippen MR) is 77.6 cm³/mol. The van der Waals surface area contributed by atoms with Gasteiger partial charge >= 0.3 is 0 Å². The first-order chi connectivity index (χ1) is 9.60. The molecule has 1 aliphatic rings. The zero-order valence-corrected chi connectivity index (χ0v) is 11.7. The molecule has 0 bridgehead atoms. The lowest BCUT2D eigenvalue weighted by atomic mass is 9.96. The molecular weight excluding hydrogens is 254 g/mol. The summed E-state index contributed by atoms with van der Waals surface area (Å²) in [6, 6.07) is 7.98. The van der Waals surface area contributed by atoms with Gasteiger partial charge in [0.05, 0.1) is 6.42 Å². The second-order valence-electron chi connectivity index (χ2n) is 5.37. The number of hydrogen-bond acceptors (Lipinski definition) is 3. The number of nitrogens with two attached hydrogens (primary N) is 1. The number of carbonyl (C=O) groups is 1. The molecule has 0 aromatic heterocycles. The van der Waals surface area contributed by atoms with Crippen LogP contribution in [0.5, 0.6) is 0 Å². The molecule has 5 heteroatoms. The highest BCUT2D eigenvalue weighted by Crippen LogP contribution is 2.18. The summed E-state index contributed by atoms with van der Waals surface area (Å²) in [6.45, 7) is 3.31. The largest absolute Gasteiger partial charge is 0.409 e. The highest BCUT2D eigenvalue weighted by Gasteiger charge is 2.26. The van der Waals surface area contributed by atoms with Gasteiger partial charge in [0.15, 0.2) is 0 Å². The molecule has 0 radical (unpaired) electrons. The molecule has 1 saturated heterocycles. The highest BCUT2D eigenvalue weighted by molar-refractivity contribution is 5.84. The number of oxime groups is 1. The SMILES string of the molecule is Cc1cccc(CC(=O)N2CCCC(C(N)=NO)C2)c1. The lowest BCUT2D eigenvalue weighted by molar-refractivity contribution is -0.131. The number of carbonyl (C=O) groups excluding carboxylic acids is 1. The Morgan fingerprint density at radius 1 is 1.55 bits per heavy atom. The Balaban J connectivity index is 1.98. The molecule has 0 saturated carbocycles. The van der Waals surface area contributed by atoms with E-state index in [-0.39, 0.29) is 17.7 Å². The van der Waals surface area contributed by atoms with E-state index in [2.05, 4.69) is 5.16 Å². The molecule has 0 aliphatic carbocycles. The van der Waals surface area contributed by atoms with Crippen LogP contribution in [-0.4, -0.2) is 34.9 Å². The third-order valence-corrected chi connectivity index (χ3v) is 3.75. The molecule has 1 heterocycles. The topological polar surface area (TPSA) is 78.9 Å². The lowest BCUT2D eigenvalue weighted by Gasteiger charge is -2.32. The first-order valence-electron chi connectivity index (χ1n) is 6.91. The first kappa shape index (κ1) is 14.4. The lowest BCUT2D eigenvalue weighted by Crippen LogP contribution is -2.44. The van der Waals surface area contributed by atoms with E-state index in [1.807, 2.05) is 36.1 Å². The Morgan fingerprint density at radius 2 is 2.35 bits per heavy atom. The van der Waals surface area contributed by atoms with Crippen LogP contribution in [0.3, 0.4) is 0 Å². The van der Waals surface area contributed by atoms with E-state index in [1.54, 1.807) is 0 Å². The molecule has 1 unspecified atom stereocenters. The normalized spacial score (nSPS) is 19.9. The van der Waals surface area contributed by atoms with E-state index in [1.165, 1.54) is 0 Å². The molecule has 0 spiro atoms. The first-order valence-corrected chi connectivity index (χ1v) is 6.91. The fourth-order valence-electron chi connectivity index (χ4n) is 2.64. The number of benzene rings is 1. The third kappa shape index (κ3) is 3.50. The average molecular weight is 275 g/mol. The van der Waals surface area contributed by atoms with Gasteiger partial charge < -0.3 is 15.8 Å². The van der Waals surface area contributed by atoms with Crippen molar-refractivity contribution in [2.45, 2.75) is 26.2 Å².